The van der Waals surface area contributed by atoms with Gasteiger partial charge in [0.25, 0.3) is 8.53 Å². The van der Waals surface area contributed by atoms with E-state index in [1.54, 1.807) is 12.1 Å². The summed E-state index contributed by atoms with van der Waals surface area (Å²) in [5.41, 5.74) is 0. The standard InChI is InChI=1S/C18H27N2O4P/c1-15(2)20(16(3)4)25(22-13-8-12-19)23-14-11-18(21)24-17-9-6-5-7-10-17/h5-7,9-10,15-16H,8,11,13-14H2,1-4H3. The van der Waals surface area contributed by atoms with Crippen molar-refractivity contribution < 1.29 is 18.6 Å². The highest BCUT2D eigenvalue weighted by atomic mass is 31.2. The molecular formula is C18H27N2O4P. The third kappa shape index (κ3) is 8.42. The molecule has 0 aromatic heterocycles. The maximum absolute atomic E-state index is 11.9. The van der Waals surface area contributed by atoms with Crippen molar-refractivity contribution in [1.82, 2.24) is 4.67 Å². The number of benzene rings is 1. The van der Waals surface area contributed by atoms with Gasteiger partial charge < -0.3 is 13.8 Å². The molecule has 6 nitrogen and oxygen atoms in total. The highest BCUT2D eigenvalue weighted by Crippen LogP contribution is 2.46. The second-order valence-electron chi connectivity index (χ2n) is 5.92. The summed E-state index contributed by atoms with van der Waals surface area (Å²) in [5, 5.41) is 8.69. The van der Waals surface area contributed by atoms with Gasteiger partial charge in [-0.05, 0) is 39.8 Å². The molecule has 1 unspecified atom stereocenters. The molecule has 138 valence electrons. The number of rotatable bonds is 11. The molecule has 1 aromatic carbocycles. The maximum atomic E-state index is 11.9. The molecule has 1 atom stereocenters. The first-order chi connectivity index (χ1) is 12.0. The molecule has 0 spiro atoms. The van der Waals surface area contributed by atoms with E-state index in [9.17, 15) is 4.79 Å². The first-order valence-electron chi connectivity index (χ1n) is 8.42. The molecule has 0 bridgehead atoms. The van der Waals surface area contributed by atoms with Crippen LogP contribution in [0.3, 0.4) is 0 Å². The van der Waals surface area contributed by atoms with Crippen molar-refractivity contribution in [2.75, 3.05) is 13.2 Å². The van der Waals surface area contributed by atoms with Crippen molar-refractivity contribution >= 4 is 14.5 Å². The smallest absolute Gasteiger partial charge is 0.313 e. The normalized spacial score (nSPS) is 12.4. The molecule has 0 saturated carbocycles. The lowest BCUT2D eigenvalue weighted by Crippen LogP contribution is -2.33. The Morgan fingerprint density at radius 2 is 1.72 bits per heavy atom. The summed E-state index contributed by atoms with van der Waals surface area (Å²) >= 11 is 0. The minimum Gasteiger partial charge on any atom is -0.426 e. The quantitative estimate of drug-likeness (QED) is 0.252. The fraction of sp³-hybridized carbons (Fsp3) is 0.556. The number of hydrogen-bond donors (Lipinski definition) is 0. The van der Waals surface area contributed by atoms with Crippen molar-refractivity contribution in [2.45, 2.75) is 52.6 Å². The highest BCUT2D eigenvalue weighted by Gasteiger charge is 2.27. The largest absolute Gasteiger partial charge is 0.426 e. The Balaban J connectivity index is 2.53. The van der Waals surface area contributed by atoms with Gasteiger partial charge >= 0.3 is 5.97 Å². The molecule has 0 radical (unpaired) electrons. The van der Waals surface area contributed by atoms with Gasteiger partial charge in [0.2, 0.25) is 0 Å². The Morgan fingerprint density at radius 3 is 2.28 bits per heavy atom. The number of para-hydroxylation sites is 1. The lowest BCUT2D eigenvalue weighted by molar-refractivity contribution is -0.134. The average molecular weight is 366 g/mol. The van der Waals surface area contributed by atoms with Gasteiger partial charge in [-0.3, -0.25) is 4.79 Å². The van der Waals surface area contributed by atoms with Gasteiger partial charge in [-0.1, -0.05) is 18.2 Å². The summed E-state index contributed by atoms with van der Waals surface area (Å²) in [6, 6.07) is 11.5. The third-order valence-electron chi connectivity index (χ3n) is 3.15. The lowest BCUT2D eigenvalue weighted by Gasteiger charge is -2.35. The van der Waals surface area contributed by atoms with Gasteiger partial charge in [-0.2, -0.15) is 5.26 Å². The summed E-state index contributed by atoms with van der Waals surface area (Å²) in [6.45, 7) is 8.78. The molecule has 0 aliphatic heterocycles. The van der Waals surface area contributed by atoms with Gasteiger partial charge in [0.05, 0.1) is 32.1 Å². The van der Waals surface area contributed by atoms with Gasteiger partial charge in [0.15, 0.2) is 0 Å². The van der Waals surface area contributed by atoms with E-state index in [0.29, 0.717) is 18.8 Å². The van der Waals surface area contributed by atoms with Crippen LogP contribution in [0.4, 0.5) is 0 Å². The van der Waals surface area contributed by atoms with E-state index in [1.165, 1.54) is 0 Å². The van der Waals surface area contributed by atoms with Gasteiger partial charge in [-0.15, -0.1) is 0 Å². The van der Waals surface area contributed by atoms with Crippen molar-refractivity contribution in [3.8, 4) is 11.8 Å². The number of nitrogens with zero attached hydrogens (tertiary/aromatic N) is 2. The summed E-state index contributed by atoms with van der Waals surface area (Å²) in [4.78, 5) is 11.9. The van der Waals surface area contributed by atoms with Crippen LogP contribution in [-0.4, -0.2) is 35.9 Å². The molecule has 7 heteroatoms. The molecule has 0 N–H and O–H groups in total. The zero-order valence-electron chi connectivity index (χ0n) is 15.3. The zero-order valence-corrected chi connectivity index (χ0v) is 16.2. The Kier molecular flexibility index (Phi) is 10.3. The number of hydrogen-bond acceptors (Lipinski definition) is 6. The van der Waals surface area contributed by atoms with Crippen molar-refractivity contribution in [1.29, 1.82) is 5.26 Å². The molecule has 0 saturated heterocycles. The predicted molar refractivity (Wildman–Crippen MR) is 97.9 cm³/mol. The van der Waals surface area contributed by atoms with Crippen LogP contribution in [-0.2, 0) is 13.8 Å². The fourth-order valence-corrected chi connectivity index (χ4v) is 3.78. The second-order valence-corrected chi connectivity index (χ2v) is 7.37. The minimum atomic E-state index is -1.33. The van der Waals surface area contributed by atoms with Crippen molar-refractivity contribution in [3.63, 3.8) is 0 Å². The van der Waals surface area contributed by atoms with E-state index in [4.69, 9.17) is 19.0 Å². The van der Waals surface area contributed by atoms with E-state index >= 15 is 0 Å². The SMILES string of the molecule is CC(C)N(C(C)C)P(OCCC#N)OCCC(=O)Oc1ccccc1. The highest BCUT2D eigenvalue weighted by molar-refractivity contribution is 7.44. The average Bonchev–Trinajstić information content (AvgIpc) is 2.55. The van der Waals surface area contributed by atoms with Gasteiger partial charge in [0.1, 0.15) is 5.75 Å². The number of nitriles is 1. The van der Waals surface area contributed by atoms with Crippen molar-refractivity contribution in [3.05, 3.63) is 30.3 Å². The Labute approximate surface area is 151 Å². The van der Waals surface area contributed by atoms with Gasteiger partial charge in [-0.25, -0.2) is 4.67 Å². The van der Waals surface area contributed by atoms with Crippen LogP contribution >= 0.6 is 8.53 Å². The van der Waals surface area contributed by atoms with E-state index in [1.807, 2.05) is 18.2 Å². The topological polar surface area (TPSA) is 71.8 Å². The maximum Gasteiger partial charge on any atom is 0.313 e. The van der Waals surface area contributed by atoms with Crippen LogP contribution in [0.15, 0.2) is 30.3 Å². The first-order valence-corrected chi connectivity index (χ1v) is 9.55. The summed E-state index contributed by atoms with van der Waals surface area (Å²) < 4.78 is 19.0. The third-order valence-corrected chi connectivity index (χ3v) is 5.25. The molecule has 0 aliphatic rings. The molecule has 0 aliphatic carbocycles. The molecule has 0 fully saturated rings. The van der Waals surface area contributed by atoms with E-state index < -0.39 is 8.53 Å². The Morgan fingerprint density at radius 1 is 1.12 bits per heavy atom. The van der Waals surface area contributed by atoms with Crippen molar-refractivity contribution in [2.24, 2.45) is 0 Å². The molecule has 1 rings (SSSR count). The van der Waals surface area contributed by atoms with Crippen LogP contribution in [0.1, 0.15) is 40.5 Å². The molecule has 0 heterocycles. The van der Waals surface area contributed by atoms with E-state index in [2.05, 4.69) is 38.4 Å². The summed E-state index contributed by atoms with van der Waals surface area (Å²) in [7, 11) is -1.33. The molecule has 0 amide bonds. The Hall–Kier alpha value is -1.51. The predicted octanol–water partition coefficient (Wildman–Crippen LogP) is 4.27. The lowest BCUT2D eigenvalue weighted by atomic mass is 10.3. The minimum absolute atomic E-state index is 0.138. The van der Waals surface area contributed by atoms with Crippen LogP contribution in [0.5, 0.6) is 5.75 Å². The fourth-order valence-electron chi connectivity index (χ4n) is 2.19. The molecule has 25 heavy (non-hydrogen) atoms. The van der Waals surface area contributed by atoms with Crippen LogP contribution in [0.2, 0.25) is 0 Å². The van der Waals surface area contributed by atoms with E-state index in [-0.39, 0.29) is 31.1 Å². The van der Waals surface area contributed by atoms with E-state index in [0.717, 1.165) is 0 Å². The van der Waals surface area contributed by atoms with Crippen LogP contribution < -0.4 is 4.74 Å². The monoisotopic (exact) mass is 366 g/mol. The number of ether oxygens (including phenoxy) is 1. The number of esters is 1. The molecule has 1 aromatic rings. The zero-order chi connectivity index (χ0) is 18.7. The Bertz CT molecular complexity index is 538. The summed E-state index contributed by atoms with van der Waals surface area (Å²) in [5.74, 6) is 0.171. The van der Waals surface area contributed by atoms with Gasteiger partial charge in [0, 0.05) is 12.1 Å². The molecular weight excluding hydrogens is 339 g/mol. The summed E-state index contributed by atoms with van der Waals surface area (Å²) in [6.07, 6.45) is 0.446. The number of carbonyl (C=O) groups is 1. The number of carbonyl (C=O) groups excluding carboxylic acids is 1. The second kappa shape index (κ2) is 11.9. The van der Waals surface area contributed by atoms with Crippen LogP contribution in [0.25, 0.3) is 0 Å². The van der Waals surface area contributed by atoms with Crippen LogP contribution in [0, 0.1) is 11.3 Å². The first kappa shape index (κ1) is 21.5.